The highest BCUT2D eigenvalue weighted by molar-refractivity contribution is 5.97. The Hall–Kier alpha value is -2.08. The quantitative estimate of drug-likeness (QED) is 0.778. The Kier molecular flexibility index (Phi) is 3.78. The van der Waals surface area contributed by atoms with E-state index in [1.807, 2.05) is 0 Å². The third-order valence-electron chi connectivity index (χ3n) is 2.32. The van der Waals surface area contributed by atoms with Crippen molar-refractivity contribution in [1.29, 1.82) is 0 Å². The number of hydrogen-bond acceptors (Lipinski definition) is 5. The molecule has 18 heavy (non-hydrogen) atoms. The number of benzene rings is 1. The van der Waals surface area contributed by atoms with Crippen molar-refractivity contribution in [3.63, 3.8) is 0 Å². The average molecular weight is 252 g/mol. The third-order valence-corrected chi connectivity index (χ3v) is 2.32. The van der Waals surface area contributed by atoms with Crippen LogP contribution in [-0.2, 0) is 9.53 Å². The minimum absolute atomic E-state index is 0.272. The summed E-state index contributed by atoms with van der Waals surface area (Å²) in [6.07, 6.45) is 0. The smallest absolute Gasteiger partial charge is 0.329 e. The molecule has 0 radical (unpaired) electrons. The highest BCUT2D eigenvalue weighted by Gasteiger charge is 2.15. The van der Waals surface area contributed by atoms with Gasteiger partial charge in [-0.25, -0.2) is 4.79 Å². The predicted octanol–water partition coefficient (Wildman–Crippen LogP) is 0.742. The lowest BCUT2D eigenvalue weighted by atomic mass is 10.1. The van der Waals surface area contributed by atoms with E-state index < -0.39 is 12.6 Å². The van der Waals surface area contributed by atoms with Gasteiger partial charge in [-0.05, 0) is 18.2 Å². The maximum absolute atomic E-state index is 11.7. The number of aliphatic carboxylic acids is 1. The van der Waals surface area contributed by atoms with Gasteiger partial charge in [0.15, 0.2) is 17.3 Å². The molecule has 0 fully saturated rings. The Bertz CT molecular complexity index is 468. The van der Waals surface area contributed by atoms with Crippen LogP contribution in [0, 0.1) is 0 Å². The van der Waals surface area contributed by atoms with Crippen LogP contribution in [-0.4, -0.2) is 43.3 Å². The first kappa shape index (κ1) is 12.4. The van der Waals surface area contributed by atoms with E-state index >= 15 is 0 Å². The predicted molar refractivity (Wildman–Crippen MR) is 60.2 cm³/mol. The van der Waals surface area contributed by atoms with E-state index in [-0.39, 0.29) is 12.4 Å². The van der Waals surface area contributed by atoms with Gasteiger partial charge in [-0.2, -0.15) is 0 Å². The lowest BCUT2D eigenvalue weighted by molar-refractivity contribution is -0.141. The number of carbonyl (C=O) groups excluding carboxylic acids is 1. The summed E-state index contributed by atoms with van der Waals surface area (Å²) in [5.74, 6) is -0.284. The molecular formula is C12H12O6. The molecule has 0 aliphatic carbocycles. The Morgan fingerprint density at radius 1 is 1.17 bits per heavy atom. The topological polar surface area (TPSA) is 82.1 Å². The van der Waals surface area contributed by atoms with Crippen molar-refractivity contribution in [2.45, 2.75) is 0 Å². The Labute approximate surface area is 103 Å². The first-order valence-corrected chi connectivity index (χ1v) is 5.39. The molecule has 6 heteroatoms. The van der Waals surface area contributed by atoms with Crippen molar-refractivity contribution in [1.82, 2.24) is 0 Å². The molecule has 0 saturated carbocycles. The second-order valence-corrected chi connectivity index (χ2v) is 3.67. The van der Waals surface area contributed by atoms with Crippen LogP contribution in [0.5, 0.6) is 11.5 Å². The minimum Gasteiger partial charge on any atom is -0.486 e. The van der Waals surface area contributed by atoms with Gasteiger partial charge in [-0.15, -0.1) is 0 Å². The number of hydrogen-bond donors (Lipinski definition) is 1. The van der Waals surface area contributed by atoms with Gasteiger partial charge in [0.1, 0.15) is 26.4 Å². The monoisotopic (exact) mass is 252 g/mol. The van der Waals surface area contributed by atoms with E-state index in [2.05, 4.69) is 0 Å². The van der Waals surface area contributed by atoms with Gasteiger partial charge in [-0.3, -0.25) is 4.79 Å². The van der Waals surface area contributed by atoms with Crippen molar-refractivity contribution in [3.05, 3.63) is 23.8 Å². The van der Waals surface area contributed by atoms with Crippen LogP contribution in [0.4, 0.5) is 0 Å². The van der Waals surface area contributed by atoms with Gasteiger partial charge in [-0.1, -0.05) is 0 Å². The van der Waals surface area contributed by atoms with Gasteiger partial charge < -0.3 is 19.3 Å². The zero-order valence-corrected chi connectivity index (χ0v) is 9.55. The van der Waals surface area contributed by atoms with Crippen LogP contribution in [0.15, 0.2) is 18.2 Å². The first-order valence-electron chi connectivity index (χ1n) is 5.39. The van der Waals surface area contributed by atoms with Crippen molar-refractivity contribution in [2.75, 3.05) is 26.4 Å². The second kappa shape index (κ2) is 5.50. The lowest BCUT2D eigenvalue weighted by Crippen LogP contribution is -2.17. The first-order chi connectivity index (χ1) is 8.66. The number of fused-ring (bicyclic) bond motifs is 1. The van der Waals surface area contributed by atoms with E-state index in [0.29, 0.717) is 30.3 Å². The van der Waals surface area contributed by atoms with Gasteiger partial charge in [0.05, 0.1) is 0 Å². The van der Waals surface area contributed by atoms with Gasteiger partial charge >= 0.3 is 5.97 Å². The molecule has 6 nitrogen and oxygen atoms in total. The number of Topliss-reactive ketones (excluding diaryl/α,β-unsaturated/α-hetero) is 1. The molecule has 0 aromatic heterocycles. The molecule has 96 valence electrons. The summed E-state index contributed by atoms with van der Waals surface area (Å²) < 4.78 is 15.4. The highest BCUT2D eigenvalue weighted by Crippen LogP contribution is 2.30. The fraction of sp³-hybridized carbons (Fsp3) is 0.333. The largest absolute Gasteiger partial charge is 0.486 e. The maximum Gasteiger partial charge on any atom is 0.329 e. The lowest BCUT2D eigenvalue weighted by Gasteiger charge is -2.18. The summed E-state index contributed by atoms with van der Waals surface area (Å²) >= 11 is 0. The maximum atomic E-state index is 11.7. The number of carbonyl (C=O) groups is 2. The summed E-state index contributed by atoms with van der Waals surface area (Å²) in [6, 6.07) is 4.82. The number of carboxylic acids is 1. The average Bonchev–Trinajstić information content (AvgIpc) is 2.37. The van der Waals surface area contributed by atoms with Crippen LogP contribution >= 0.6 is 0 Å². The minimum atomic E-state index is -1.11. The SMILES string of the molecule is O=C(O)COCC(=O)c1ccc2c(c1)OCCO2. The van der Waals surface area contributed by atoms with Crippen LogP contribution < -0.4 is 9.47 Å². The molecule has 1 heterocycles. The molecular weight excluding hydrogens is 240 g/mol. The fourth-order valence-corrected chi connectivity index (χ4v) is 1.53. The van der Waals surface area contributed by atoms with Gasteiger partial charge in [0.25, 0.3) is 0 Å². The van der Waals surface area contributed by atoms with E-state index in [1.165, 1.54) is 0 Å². The third kappa shape index (κ3) is 2.98. The molecule has 0 atom stereocenters. The van der Waals surface area contributed by atoms with Crippen molar-refractivity contribution in [2.24, 2.45) is 0 Å². The Morgan fingerprint density at radius 2 is 1.89 bits per heavy atom. The molecule has 0 spiro atoms. The molecule has 1 aromatic rings. The van der Waals surface area contributed by atoms with E-state index in [0.717, 1.165) is 0 Å². The highest BCUT2D eigenvalue weighted by atomic mass is 16.6. The second-order valence-electron chi connectivity index (χ2n) is 3.67. The zero-order chi connectivity index (χ0) is 13.0. The summed E-state index contributed by atoms with van der Waals surface area (Å²) in [6.45, 7) is 0.171. The van der Waals surface area contributed by atoms with Crippen molar-refractivity contribution < 1.29 is 28.9 Å². The summed E-state index contributed by atoms with van der Waals surface area (Å²) in [7, 11) is 0. The van der Waals surface area contributed by atoms with Gasteiger partial charge in [0.2, 0.25) is 0 Å². The number of carboxylic acid groups (broad SMARTS) is 1. The van der Waals surface area contributed by atoms with Crippen LogP contribution in [0.25, 0.3) is 0 Å². The van der Waals surface area contributed by atoms with Crippen LogP contribution in [0.1, 0.15) is 10.4 Å². The standard InChI is InChI=1S/C12H12O6/c13-9(6-16-7-12(14)15)8-1-2-10-11(5-8)18-4-3-17-10/h1-2,5H,3-4,6-7H2,(H,14,15). The van der Waals surface area contributed by atoms with Crippen LogP contribution in [0.3, 0.4) is 0 Å². The molecule has 1 aliphatic rings. The van der Waals surface area contributed by atoms with Crippen LogP contribution in [0.2, 0.25) is 0 Å². The van der Waals surface area contributed by atoms with E-state index in [9.17, 15) is 9.59 Å². The summed E-state index contributed by atoms with van der Waals surface area (Å²) in [4.78, 5) is 21.9. The summed E-state index contributed by atoms with van der Waals surface area (Å²) in [5, 5.41) is 8.38. The normalized spacial score (nSPS) is 13.1. The van der Waals surface area contributed by atoms with E-state index in [1.54, 1.807) is 18.2 Å². The number of ether oxygens (including phenoxy) is 3. The van der Waals surface area contributed by atoms with Gasteiger partial charge in [0, 0.05) is 5.56 Å². The molecule has 1 aromatic carbocycles. The van der Waals surface area contributed by atoms with Crippen molar-refractivity contribution >= 4 is 11.8 Å². The van der Waals surface area contributed by atoms with E-state index in [4.69, 9.17) is 19.3 Å². The van der Waals surface area contributed by atoms with Crippen molar-refractivity contribution in [3.8, 4) is 11.5 Å². The molecule has 0 saturated heterocycles. The molecule has 0 amide bonds. The Morgan fingerprint density at radius 3 is 2.61 bits per heavy atom. The zero-order valence-electron chi connectivity index (χ0n) is 9.55. The molecule has 0 unspecified atom stereocenters. The Balaban J connectivity index is 2.00. The summed E-state index contributed by atoms with van der Waals surface area (Å²) in [5.41, 5.74) is 0.407. The molecule has 0 bridgehead atoms. The fourth-order valence-electron chi connectivity index (χ4n) is 1.53. The molecule has 1 N–H and O–H groups in total. The number of rotatable bonds is 5. The molecule has 2 rings (SSSR count). The molecule has 1 aliphatic heterocycles. The number of ketones is 1.